The van der Waals surface area contributed by atoms with Crippen LogP contribution < -0.4 is 5.32 Å². The molecule has 0 fully saturated rings. The third kappa shape index (κ3) is 3.62. The largest absolute Gasteiger partial charge is 0.452 e. The van der Waals surface area contributed by atoms with Gasteiger partial charge in [-0.1, -0.05) is 18.2 Å². The maximum absolute atomic E-state index is 11.8. The van der Waals surface area contributed by atoms with Crippen molar-refractivity contribution in [2.75, 3.05) is 11.9 Å². The molecular weight excluding hydrogens is 264 g/mol. The van der Waals surface area contributed by atoms with Crippen molar-refractivity contribution in [1.29, 1.82) is 0 Å². The molecule has 19 heavy (non-hydrogen) atoms. The SMILES string of the molecule is Cc1ccccc1C(=O)OCC(=O)Nc1nccs1. The van der Waals surface area contributed by atoms with Crippen molar-refractivity contribution in [3.05, 3.63) is 47.0 Å². The fraction of sp³-hybridized carbons (Fsp3) is 0.154. The second kappa shape index (κ2) is 6.10. The van der Waals surface area contributed by atoms with E-state index in [2.05, 4.69) is 10.3 Å². The van der Waals surface area contributed by atoms with E-state index in [9.17, 15) is 9.59 Å². The molecule has 1 aromatic heterocycles. The molecule has 1 amide bonds. The molecule has 1 heterocycles. The molecule has 0 radical (unpaired) electrons. The summed E-state index contributed by atoms with van der Waals surface area (Å²) in [4.78, 5) is 27.2. The van der Waals surface area contributed by atoms with E-state index < -0.39 is 11.9 Å². The van der Waals surface area contributed by atoms with Gasteiger partial charge in [0.15, 0.2) is 11.7 Å². The van der Waals surface area contributed by atoms with E-state index in [-0.39, 0.29) is 6.61 Å². The Morgan fingerprint density at radius 3 is 2.84 bits per heavy atom. The van der Waals surface area contributed by atoms with Crippen LogP contribution in [0.2, 0.25) is 0 Å². The number of esters is 1. The number of hydrogen-bond donors (Lipinski definition) is 1. The van der Waals surface area contributed by atoms with Crippen LogP contribution in [-0.2, 0) is 9.53 Å². The first-order valence-corrected chi connectivity index (χ1v) is 6.47. The van der Waals surface area contributed by atoms with Crippen LogP contribution in [0.3, 0.4) is 0 Å². The zero-order valence-electron chi connectivity index (χ0n) is 10.3. The Kier molecular flexibility index (Phi) is 4.25. The van der Waals surface area contributed by atoms with Crippen molar-refractivity contribution in [3.63, 3.8) is 0 Å². The van der Waals surface area contributed by atoms with E-state index in [0.717, 1.165) is 5.56 Å². The molecule has 1 aromatic carbocycles. The van der Waals surface area contributed by atoms with Crippen LogP contribution in [0.4, 0.5) is 5.13 Å². The number of amides is 1. The zero-order chi connectivity index (χ0) is 13.7. The van der Waals surface area contributed by atoms with Crippen molar-refractivity contribution >= 4 is 28.3 Å². The molecule has 2 aromatic rings. The number of hydrogen-bond acceptors (Lipinski definition) is 5. The number of carbonyl (C=O) groups excluding carboxylic acids is 2. The van der Waals surface area contributed by atoms with Crippen molar-refractivity contribution < 1.29 is 14.3 Å². The number of aromatic nitrogens is 1. The lowest BCUT2D eigenvalue weighted by Gasteiger charge is -2.06. The van der Waals surface area contributed by atoms with Gasteiger partial charge in [-0.2, -0.15) is 0 Å². The molecule has 0 aliphatic rings. The predicted octanol–water partition coefficient (Wildman–Crippen LogP) is 2.25. The van der Waals surface area contributed by atoms with Gasteiger partial charge in [-0.3, -0.25) is 10.1 Å². The van der Waals surface area contributed by atoms with Gasteiger partial charge in [0.2, 0.25) is 0 Å². The van der Waals surface area contributed by atoms with Gasteiger partial charge in [-0.05, 0) is 18.6 Å². The number of carbonyl (C=O) groups is 2. The van der Waals surface area contributed by atoms with Crippen LogP contribution >= 0.6 is 11.3 Å². The van der Waals surface area contributed by atoms with Crippen molar-refractivity contribution in [2.24, 2.45) is 0 Å². The van der Waals surface area contributed by atoms with E-state index in [0.29, 0.717) is 10.7 Å². The Labute approximate surface area is 114 Å². The average Bonchev–Trinajstić information content (AvgIpc) is 2.89. The van der Waals surface area contributed by atoms with Crippen LogP contribution in [0.1, 0.15) is 15.9 Å². The summed E-state index contributed by atoms with van der Waals surface area (Å²) in [6, 6.07) is 7.06. The Morgan fingerprint density at radius 2 is 2.16 bits per heavy atom. The third-order valence-electron chi connectivity index (χ3n) is 2.38. The summed E-state index contributed by atoms with van der Waals surface area (Å²) in [6.45, 7) is 1.49. The maximum Gasteiger partial charge on any atom is 0.338 e. The molecule has 0 aliphatic heterocycles. The highest BCUT2D eigenvalue weighted by Gasteiger charge is 2.12. The average molecular weight is 276 g/mol. The minimum atomic E-state index is -0.507. The number of ether oxygens (including phenoxy) is 1. The smallest absolute Gasteiger partial charge is 0.338 e. The molecule has 5 nitrogen and oxygen atoms in total. The highest BCUT2D eigenvalue weighted by molar-refractivity contribution is 7.13. The molecule has 0 bridgehead atoms. The van der Waals surface area contributed by atoms with E-state index in [4.69, 9.17) is 4.74 Å². The molecule has 0 spiro atoms. The number of benzene rings is 1. The molecule has 2 rings (SSSR count). The first-order chi connectivity index (χ1) is 9.16. The lowest BCUT2D eigenvalue weighted by atomic mass is 10.1. The van der Waals surface area contributed by atoms with Gasteiger partial charge in [0, 0.05) is 11.6 Å². The molecular formula is C13H12N2O3S. The van der Waals surface area contributed by atoms with Gasteiger partial charge in [0.25, 0.3) is 5.91 Å². The topological polar surface area (TPSA) is 68.3 Å². The Hall–Kier alpha value is -2.21. The number of nitrogens with zero attached hydrogens (tertiary/aromatic N) is 1. The molecule has 0 unspecified atom stereocenters. The normalized spacial score (nSPS) is 9.95. The van der Waals surface area contributed by atoms with E-state index in [1.54, 1.807) is 23.7 Å². The fourth-order valence-corrected chi connectivity index (χ4v) is 2.00. The Morgan fingerprint density at radius 1 is 1.37 bits per heavy atom. The molecule has 0 saturated heterocycles. The third-order valence-corrected chi connectivity index (χ3v) is 3.07. The van der Waals surface area contributed by atoms with Crippen LogP contribution in [0.15, 0.2) is 35.8 Å². The highest BCUT2D eigenvalue weighted by Crippen LogP contribution is 2.11. The van der Waals surface area contributed by atoms with Crippen molar-refractivity contribution in [3.8, 4) is 0 Å². The quantitative estimate of drug-likeness (QED) is 0.870. The number of thiazole rings is 1. The number of nitrogens with one attached hydrogen (secondary N) is 1. The number of rotatable bonds is 4. The first-order valence-electron chi connectivity index (χ1n) is 5.59. The van der Waals surface area contributed by atoms with Crippen molar-refractivity contribution in [1.82, 2.24) is 4.98 Å². The van der Waals surface area contributed by atoms with E-state index in [1.165, 1.54) is 11.3 Å². The molecule has 0 saturated carbocycles. The molecule has 1 N–H and O–H groups in total. The second-order valence-electron chi connectivity index (χ2n) is 3.78. The molecule has 6 heteroatoms. The number of aryl methyl sites for hydroxylation is 1. The maximum atomic E-state index is 11.8. The fourth-order valence-electron chi connectivity index (χ4n) is 1.45. The Bertz CT molecular complexity index is 581. The van der Waals surface area contributed by atoms with Crippen LogP contribution in [0.5, 0.6) is 0 Å². The standard InChI is InChI=1S/C13H12N2O3S/c1-9-4-2-3-5-10(9)12(17)18-8-11(16)15-13-14-6-7-19-13/h2-7H,8H2,1H3,(H,14,15,16). The lowest BCUT2D eigenvalue weighted by molar-refractivity contribution is -0.119. The van der Waals surface area contributed by atoms with Crippen molar-refractivity contribution in [2.45, 2.75) is 6.92 Å². The monoisotopic (exact) mass is 276 g/mol. The minimum absolute atomic E-state index is 0.327. The molecule has 98 valence electrons. The zero-order valence-corrected chi connectivity index (χ0v) is 11.1. The van der Waals surface area contributed by atoms with Gasteiger partial charge in [-0.25, -0.2) is 9.78 Å². The summed E-state index contributed by atoms with van der Waals surface area (Å²) in [7, 11) is 0. The van der Waals surface area contributed by atoms with Gasteiger partial charge in [0.1, 0.15) is 0 Å². The summed E-state index contributed by atoms with van der Waals surface area (Å²) < 4.78 is 4.95. The van der Waals surface area contributed by atoms with Gasteiger partial charge < -0.3 is 4.74 Å². The van der Waals surface area contributed by atoms with E-state index in [1.807, 2.05) is 19.1 Å². The summed E-state index contributed by atoms with van der Waals surface area (Å²) in [5, 5.41) is 4.76. The van der Waals surface area contributed by atoms with Crippen LogP contribution in [-0.4, -0.2) is 23.5 Å². The highest BCUT2D eigenvalue weighted by atomic mass is 32.1. The second-order valence-corrected chi connectivity index (χ2v) is 4.67. The predicted molar refractivity (Wildman–Crippen MR) is 72.2 cm³/mol. The van der Waals surface area contributed by atoms with Crippen LogP contribution in [0.25, 0.3) is 0 Å². The minimum Gasteiger partial charge on any atom is -0.452 e. The summed E-state index contributed by atoms with van der Waals surface area (Å²) in [5.41, 5.74) is 1.28. The number of anilines is 1. The molecule has 0 atom stereocenters. The molecule has 0 aliphatic carbocycles. The van der Waals surface area contributed by atoms with Gasteiger partial charge in [0.05, 0.1) is 5.56 Å². The summed E-state index contributed by atoms with van der Waals surface area (Å²) in [6.07, 6.45) is 1.58. The van der Waals surface area contributed by atoms with Gasteiger partial charge in [-0.15, -0.1) is 11.3 Å². The Balaban J connectivity index is 1.87. The summed E-state index contributed by atoms with van der Waals surface area (Å²) >= 11 is 1.30. The lowest BCUT2D eigenvalue weighted by Crippen LogP contribution is -2.21. The first kappa shape index (κ1) is 13.2. The van der Waals surface area contributed by atoms with E-state index >= 15 is 0 Å². The summed E-state index contributed by atoms with van der Waals surface area (Å²) in [5.74, 6) is -0.913. The van der Waals surface area contributed by atoms with Gasteiger partial charge >= 0.3 is 5.97 Å². The van der Waals surface area contributed by atoms with Crippen LogP contribution in [0, 0.1) is 6.92 Å².